The number of hydrogen-bond acceptors (Lipinski definition) is 4. The van der Waals surface area contributed by atoms with Crippen molar-refractivity contribution in [2.45, 2.75) is 25.8 Å². The van der Waals surface area contributed by atoms with Crippen LogP contribution in [0.2, 0.25) is 0 Å². The van der Waals surface area contributed by atoms with Crippen molar-refractivity contribution in [2.24, 2.45) is 0 Å². The molecule has 1 saturated heterocycles. The van der Waals surface area contributed by atoms with Crippen LogP contribution in [0.25, 0.3) is 0 Å². The third-order valence-electron chi connectivity index (χ3n) is 3.54. The molecule has 1 fully saturated rings. The summed E-state index contributed by atoms with van der Waals surface area (Å²) in [5, 5.41) is 0. The summed E-state index contributed by atoms with van der Waals surface area (Å²) in [7, 11) is 1.29. The van der Waals surface area contributed by atoms with E-state index in [0.717, 1.165) is 0 Å². The van der Waals surface area contributed by atoms with E-state index in [-0.39, 0.29) is 18.5 Å². The highest BCUT2D eigenvalue weighted by Crippen LogP contribution is 2.22. The van der Waals surface area contributed by atoms with Gasteiger partial charge in [0.15, 0.2) is 0 Å². The van der Waals surface area contributed by atoms with Crippen molar-refractivity contribution in [2.75, 3.05) is 18.7 Å². The van der Waals surface area contributed by atoms with Crippen molar-refractivity contribution >= 4 is 23.5 Å². The first-order valence-corrected chi connectivity index (χ1v) is 6.75. The number of likely N-dealkylation sites (tertiary alicyclic amines) is 1. The molecule has 0 N–H and O–H groups in total. The molecule has 0 spiro atoms. The van der Waals surface area contributed by atoms with E-state index in [4.69, 9.17) is 4.74 Å². The molecule has 1 aliphatic rings. The largest absolute Gasteiger partial charge is 0.467 e. The van der Waals surface area contributed by atoms with Gasteiger partial charge in [0.2, 0.25) is 11.8 Å². The minimum absolute atomic E-state index is 0.0535. The third kappa shape index (κ3) is 3.21. The van der Waals surface area contributed by atoms with Crippen LogP contribution in [-0.2, 0) is 19.1 Å². The fourth-order valence-electron chi connectivity index (χ4n) is 2.42. The first kappa shape index (κ1) is 15.0. The number of methoxy groups -OCH3 is 1. The zero-order chi connectivity index (χ0) is 15.4. The summed E-state index contributed by atoms with van der Waals surface area (Å²) in [5.74, 6) is -0.783. The van der Waals surface area contributed by atoms with Gasteiger partial charge in [0, 0.05) is 19.0 Å². The average Bonchev–Trinajstić information content (AvgIpc) is 2.85. The quantitative estimate of drug-likeness (QED) is 0.780. The summed E-state index contributed by atoms with van der Waals surface area (Å²) >= 11 is 0. The highest BCUT2D eigenvalue weighted by Gasteiger charge is 2.38. The summed E-state index contributed by atoms with van der Waals surface area (Å²) in [6.45, 7) is 1.48. The Balaban J connectivity index is 2.21. The van der Waals surface area contributed by atoms with E-state index >= 15 is 0 Å². The summed E-state index contributed by atoms with van der Waals surface area (Å²) in [4.78, 5) is 38.4. The molecule has 0 saturated carbocycles. The Morgan fingerprint density at radius 3 is 2.57 bits per heavy atom. The molecule has 1 atom stereocenters. The van der Waals surface area contributed by atoms with Gasteiger partial charge in [-0.15, -0.1) is 0 Å². The van der Waals surface area contributed by atoms with Crippen LogP contribution in [0.15, 0.2) is 30.3 Å². The maximum Gasteiger partial charge on any atom is 0.328 e. The molecule has 0 aliphatic carbocycles. The highest BCUT2D eigenvalue weighted by molar-refractivity contribution is 5.93. The minimum Gasteiger partial charge on any atom is -0.467 e. The van der Waals surface area contributed by atoms with Crippen molar-refractivity contribution in [1.82, 2.24) is 4.90 Å². The van der Waals surface area contributed by atoms with Crippen LogP contribution in [-0.4, -0.2) is 42.5 Å². The SMILES string of the molecule is COC(=O)C1CCC(=O)N1CN(C(C)=O)c1ccccc1. The Morgan fingerprint density at radius 2 is 2.00 bits per heavy atom. The molecule has 1 aromatic carbocycles. The van der Waals surface area contributed by atoms with E-state index in [9.17, 15) is 14.4 Å². The van der Waals surface area contributed by atoms with Crippen LogP contribution in [0.5, 0.6) is 0 Å². The molecule has 0 bridgehead atoms. The van der Waals surface area contributed by atoms with Gasteiger partial charge in [0.25, 0.3) is 0 Å². The fraction of sp³-hybridized carbons (Fsp3) is 0.400. The number of benzene rings is 1. The Bertz CT molecular complexity index is 544. The lowest BCUT2D eigenvalue weighted by atomic mass is 10.2. The number of ether oxygens (including phenoxy) is 1. The van der Waals surface area contributed by atoms with E-state index < -0.39 is 12.0 Å². The normalized spacial score (nSPS) is 17.7. The second-order valence-electron chi connectivity index (χ2n) is 4.87. The summed E-state index contributed by atoms with van der Waals surface area (Å²) in [6.07, 6.45) is 0.715. The predicted octanol–water partition coefficient (Wildman–Crippen LogP) is 1.16. The monoisotopic (exact) mass is 290 g/mol. The van der Waals surface area contributed by atoms with Crippen molar-refractivity contribution in [3.05, 3.63) is 30.3 Å². The predicted molar refractivity (Wildman–Crippen MR) is 76.4 cm³/mol. The van der Waals surface area contributed by atoms with Crippen LogP contribution in [0, 0.1) is 0 Å². The third-order valence-corrected chi connectivity index (χ3v) is 3.54. The van der Waals surface area contributed by atoms with Gasteiger partial charge < -0.3 is 9.64 Å². The smallest absolute Gasteiger partial charge is 0.328 e. The summed E-state index contributed by atoms with van der Waals surface area (Å²) in [6, 6.07) is 8.43. The van der Waals surface area contributed by atoms with Gasteiger partial charge in [0.1, 0.15) is 12.7 Å². The number of anilines is 1. The summed E-state index contributed by atoms with van der Waals surface area (Å²) < 4.78 is 4.72. The second kappa shape index (κ2) is 6.39. The number of rotatable bonds is 4. The van der Waals surface area contributed by atoms with Crippen LogP contribution in [0.3, 0.4) is 0 Å². The molecule has 1 unspecified atom stereocenters. The highest BCUT2D eigenvalue weighted by atomic mass is 16.5. The van der Waals surface area contributed by atoms with Crippen molar-refractivity contribution in [3.63, 3.8) is 0 Å². The Labute approximate surface area is 123 Å². The number of esters is 1. The summed E-state index contributed by atoms with van der Waals surface area (Å²) in [5.41, 5.74) is 0.688. The lowest BCUT2D eigenvalue weighted by molar-refractivity contribution is -0.149. The molecule has 1 aliphatic heterocycles. The van der Waals surface area contributed by atoms with Crippen molar-refractivity contribution < 1.29 is 19.1 Å². The average molecular weight is 290 g/mol. The Hall–Kier alpha value is -2.37. The Morgan fingerprint density at radius 1 is 1.33 bits per heavy atom. The lowest BCUT2D eigenvalue weighted by Crippen LogP contribution is -2.47. The molecule has 0 radical (unpaired) electrons. The van der Waals surface area contributed by atoms with E-state index in [1.807, 2.05) is 18.2 Å². The van der Waals surface area contributed by atoms with Crippen LogP contribution in [0.1, 0.15) is 19.8 Å². The standard InChI is InChI=1S/C15H18N2O4/c1-11(18)16(12-6-4-3-5-7-12)10-17-13(15(20)21-2)8-9-14(17)19/h3-7,13H,8-10H2,1-2H3. The topological polar surface area (TPSA) is 66.9 Å². The fourth-order valence-corrected chi connectivity index (χ4v) is 2.42. The van der Waals surface area contributed by atoms with Crippen LogP contribution < -0.4 is 4.90 Å². The second-order valence-corrected chi connectivity index (χ2v) is 4.87. The molecule has 112 valence electrons. The molecule has 6 nitrogen and oxygen atoms in total. The maximum atomic E-state index is 12.0. The van der Waals surface area contributed by atoms with Crippen LogP contribution in [0.4, 0.5) is 5.69 Å². The van der Waals surface area contributed by atoms with Gasteiger partial charge in [0.05, 0.1) is 7.11 Å². The zero-order valence-corrected chi connectivity index (χ0v) is 12.1. The maximum absolute atomic E-state index is 12.0. The lowest BCUT2D eigenvalue weighted by Gasteiger charge is -2.30. The van der Waals surface area contributed by atoms with E-state index in [2.05, 4.69) is 0 Å². The minimum atomic E-state index is -0.618. The van der Waals surface area contributed by atoms with E-state index in [0.29, 0.717) is 18.5 Å². The number of nitrogens with zero attached hydrogens (tertiary/aromatic N) is 2. The molecular formula is C15H18N2O4. The molecule has 6 heteroatoms. The molecule has 21 heavy (non-hydrogen) atoms. The van der Waals surface area contributed by atoms with Crippen molar-refractivity contribution in [1.29, 1.82) is 0 Å². The van der Waals surface area contributed by atoms with Gasteiger partial charge in [-0.2, -0.15) is 0 Å². The Kier molecular flexibility index (Phi) is 4.57. The molecule has 0 aromatic heterocycles. The number of amides is 2. The first-order valence-electron chi connectivity index (χ1n) is 6.75. The van der Waals surface area contributed by atoms with E-state index in [1.165, 1.54) is 23.8 Å². The van der Waals surface area contributed by atoms with Crippen molar-refractivity contribution in [3.8, 4) is 0 Å². The van der Waals surface area contributed by atoms with Gasteiger partial charge in [-0.1, -0.05) is 18.2 Å². The number of carbonyl (C=O) groups excluding carboxylic acids is 3. The van der Waals surface area contributed by atoms with E-state index in [1.54, 1.807) is 12.1 Å². The zero-order valence-electron chi connectivity index (χ0n) is 12.1. The van der Waals surface area contributed by atoms with Gasteiger partial charge in [-0.25, -0.2) is 4.79 Å². The van der Waals surface area contributed by atoms with Gasteiger partial charge in [-0.05, 0) is 18.6 Å². The molecule has 1 heterocycles. The molecule has 1 aromatic rings. The number of para-hydroxylation sites is 1. The first-order chi connectivity index (χ1) is 10.0. The number of carbonyl (C=O) groups is 3. The molecule has 2 rings (SSSR count). The van der Waals surface area contributed by atoms with Gasteiger partial charge >= 0.3 is 5.97 Å². The van der Waals surface area contributed by atoms with Gasteiger partial charge in [-0.3, -0.25) is 14.5 Å². The molecule has 2 amide bonds. The van der Waals surface area contributed by atoms with Crippen LogP contribution >= 0.6 is 0 Å². The number of hydrogen-bond donors (Lipinski definition) is 0. The molecular weight excluding hydrogens is 272 g/mol.